The molecule has 0 amide bonds. The summed E-state index contributed by atoms with van der Waals surface area (Å²) in [4.78, 5) is 9.95. The fourth-order valence-electron chi connectivity index (χ4n) is 3.64. The van der Waals surface area contributed by atoms with Crippen molar-refractivity contribution in [2.45, 2.75) is 39.5 Å². The van der Waals surface area contributed by atoms with Crippen LogP contribution in [0.4, 0.5) is 0 Å². The number of nitrogens with zero attached hydrogens (tertiary/aromatic N) is 3. The standard InChI is InChI=1S/C18H36N4O.HI/c1-4-19-18(22-9-5-6-16(2)15-22)20-14-17-7-10-21(11-8-17)12-13-23-3;/h16-17H,4-15H2,1-3H3,(H,19,20);1H. The van der Waals surface area contributed by atoms with Crippen molar-refractivity contribution < 1.29 is 4.74 Å². The fraction of sp³-hybridized carbons (Fsp3) is 0.944. The topological polar surface area (TPSA) is 40.1 Å². The first-order valence-electron chi connectivity index (χ1n) is 9.47. The zero-order chi connectivity index (χ0) is 16.5. The van der Waals surface area contributed by atoms with E-state index >= 15 is 0 Å². The molecule has 2 aliphatic heterocycles. The van der Waals surface area contributed by atoms with E-state index in [-0.39, 0.29) is 24.0 Å². The van der Waals surface area contributed by atoms with E-state index in [0.29, 0.717) is 0 Å². The Morgan fingerprint density at radius 3 is 2.58 bits per heavy atom. The third-order valence-electron chi connectivity index (χ3n) is 5.11. The van der Waals surface area contributed by atoms with Crippen LogP contribution in [0, 0.1) is 11.8 Å². The molecule has 2 heterocycles. The first-order valence-corrected chi connectivity index (χ1v) is 9.47. The summed E-state index contributed by atoms with van der Waals surface area (Å²) in [5, 5.41) is 3.50. The number of nitrogens with one attached hydrogen (secondary N) is 1. The molecular weight excluding hydrogens is 415 g/mol. The molecule has 6 heteroatoms. The van der Waals surface area contributed by atoms with Crippen LogP contribution in [-0.4, -0.2) is 75.3 Å². The molecule has 1 atom stereocenters. The second-order valence-corrected chi connectivity index (χ2v) is 7.17. The average molecular weight is 452 g/mol. The minimum absolute atomic E-state index is 0. The number of methoxy groups -OCH3 is 1. The number of halogens is 1. The fourth-order valence-corrected chi connectivity index (χ4v) is 3.64. The third-order valence-corrected chi connectivity index (χ3v) is 5.11. The SMILES string of the molecule is CCNC(=NCC1CCN(CCOC)CC1)N1CCCC(C)C1.I. The number of hydrogen-bond acceptors (Lipinski definition) is 3. The summed E-state index contributed by atoms with van der Waals surface area (Å²) >= 11 is 0. The molecule has 0 spiro atoms. The second-order valence-electron chi connectivity index (χ2n) is 7.17. The molecule has 24 heavy (non-hydrogen) atoms. The highest BCUT2D eigenvalue weighted by Gasteiger charge is 2.21. The van der Waals surface area contributed by atoms with Crippen LogP contribution in [-0.2, 0) is 4.74 Å². The highest BCUT2D eigenvalue weighted by Crippen LogP contribution is 2.19. The molecule has 2 aliphatic rings. The van der Waals surface area contributed by atoms with E-state index in [1.165, 1.54) is 38.8 Å². The predicted octanol–water partition coefficient (Wildman–Crippen LogP) is 2.66. The smallest absolute Gasteiger partial charge is 0.193 e. The van der Waals surface area contributed by atoms with Crippen molar-refractivity contribution in [2.24, 2.45) is 16.8 Å². The van der Waals surface area contributed by atoms with Crippen LogP contribution in [0.1, 0.15) is 39.5 Å². The first kappa shape index (κ1) is 22.0. The van der Waals surface area contributed by atoms with Crippen molar-refractivity contribution in [1.29, 1.82) is 0 Å². The lowest BCUT2D eigenvalue weighted by Crippen LogP contribution is -2.46. The van der Waals surface area contributed by atoms with Gasteiger partial charge in [0.05, 0.1) is 6.61 Å². The summed E-state index contributed by atoms with van der Waals surface area (Å²) in [6, 6.07) is 0. The number of likely N-dealkylation sites (tertiary alicyclic amines) is 2. The summed E-state index contributed by atoms with van der Waals surface area (Å²) in [6.45, 7) is 13.1. The molecule has 0 aromatic heterocycles. The van der Waals surface area contributed by atoms with Crippen molar-refractivity contribution >= 4 is 29.9 Å². The van der Waals surface area contributed by atoms with Gasteiger partial charge in [0, 0.05) is 39.8 Å². The molecule has 0 bridgehead atoms. The molecule has 2 saturated heterocycles. The largest absolute Gasteiger partial charge is 0.383 e. The number of aliphatic imine (C=N–C) groups is 1. The Balaban J connectivity index is 0.00000288. The highest BCUT2D eigenvalue weighted by atomic mass is 127. The Morgan fingerprint density at radius 2 is 1.96 bits per heavy atom. The molecule has 2 fully saturated rings. The predicted molar refractivity (Wildman–Crippen MR) is 112 cm³/mol. The molecule has 0 aliphatic carbocycles. The lowest BCUT2D eigenvalue weighted by Gasteiger charge is -2.34. The van der Waals surface area contributed by atoms with Gasteiger partial charge in [-0.05, 0) is 57.5 Å². The van der Waals surface area contributed by atoms with E-state index in [4.69, 9.17) is 9.73 Å². The maximum Gasteiger partial charge on any atom is 0.193 e. The van der Waals surface area contributed by atoms with Crippen molar-refractivity contribution in [3.05, 3.63) is 0 Å². The molecule has 142 valence electrons. The lowest BCUT2D eigenvalue weighted by molar-refractivity contribution is 0.121. The maximum atomic E-state index is 5.18. The monoisotopic (exact) mass is 452 g/mol. The molecule has 0 aromatic carbocycles. The molecule has 2 rings (SSSR count). The van der Waals surface area contributed by atoms with E-state index < -0.39 is 0 Å². The summed E-state index contributed by atoms with van der Waals surface area (Å²) < 4.78 is 5.18. The Morgan fingerprint density at radius 1 is 1.21 bits per heavy atom. The van der Waals surface area contributed by atoms with Gasteiger partial charge in [0.1, 0.15) is 0 Å². The summed E-state index contributed by atoms with van der Waals surface area (Å²) in [5.41, 5.74) is 0. The van der Waals surface area contributed by atoms with Crippen LogP contribution in [0.25, 0.3) is 0 Å². The van der Waals surface area contributed by atoms with Crippen molar-refractivity contribution in [2.75, 3.05) is 59.5 Å². The van der Waals surface area contributed by atoms with Gasteiger partial charge in [0.25, 0.3) is 0 Å². The van der Waals surface area contributed by atoms with Crippen molar-refractivity contribution in [3.8, 4) is 0 Å². The zero-order valence-electron chi connectivity index (χ0n) is 15.8. The first-order chi connectivity index (χ1) is 11.2. The number of hydrogen-bond donors (Lipinski definition) is 1. The summed E-state index contributed by atoms with van der Waals surface area (Å²) in [6.07, 6.45) is 5.19. The maximum absolute atomic E-state index is 5.18. The molecule has 1 unspecified atom stereocenters. The van der Waals surface area contributed by atoms with Crippen LogP contribution in [0.3, 0.4) is 0 Å². The van der Waals surface area contributed by atoms with Gasteiger partial charge in [0.2, 0.25) is 0 Å². The van der Waals surface area contributed by atoms with E-state index in [1.807, 2.05) is 0 Å². The molecule has 0 radical (unpaired) electrons. The third kappa shape index (κ3) is 7.44. The van der Waals surface area contributed by atoms with Gasteiger partial charge in [-0.25, -0.2) is 0 Å². The lowest BCUT2D eigenvalue weighted by atomic mass is 9.97. The zero-order valence-corrected chi connectivity index (χ0v) is 18.1. The van der Waals surface area contributed by atoms with Gasteiger partial charge < -0.3 is 19.9 Å². The van der Waals surface area contributed by atoms with Gasteiger partial charge in [-0.2, -0.15) is 0 Å². The average Bonchev–Trinajstić information content (AvgIpc) is 2.57. The van der Waals surface area contributed by atoms with E-state index in [0.717, 1.165) is 57.1 Å². The second kappa shape index (κ2) is 12.3. The van der Waals surface area contributed by atoms with Crippen LogP contribution >= 0.6 is 24.0 Å². The van der Waals surface area contributed by atoms with Gasteiger partial charge in [-0.1, -0.05) is 6.92 Å². The quantitative estimate of drug-likeness (QED) is 0.382. The Labute approximate surface area is 165 Å². The van der Waals surface area contributed by atoms with Crippen LogP contribution < -0.4 is 5.32 Å². The number of guanidine groups is 1. The highest BCUT2D eigenvalue weighted by molar-refractivity contribution is 14.0. The molecule has 5 nitrogen and oxygen atoms in total. The minimum Gasteiger partial charge on any atom is -0.383 e. The Kier molecular flexibility index (Phi) is 11.3. The van der Waals surface area contributed by atoms with E-state index in [2.05, 4.69) is 29.0 Å². The summed E-state index contributed by atoms with van der Waals surface area (Å²) in [5.74, 6) is 2.67. The van der Waals surface area contributed by atoms with Crippen LogP contribution in [0.2, 0.25) is 0 Å². The normalized spacial score (nSPS) is 23.9. The molecular formula is C18H37IN4O. The van der Waals surface area contributed by atoms with Gasteiger partial charge >= 0.3 is 0 Å². The Hall–Kier alpha value is -0.0800. The van der Waals surface area contributed by atoms with Crippen LogP contribution in [0.5, 0.6) is 0 Å². The Bertz CT molecular complexity index is 359. The molecule has 1 N–H and O–H groups in total. The number of rotatable bonds is 6. The van der Waals surface area contributed by atoms with Crippen LogP contribution in [0.15, 0.2) is 4.99 Å². The van der Waals surface area contributed by atoms with E-state index in [1.54, 1.807) is 7.11 Å². The van der Waals surface area contributed by atoms with Gasteiger partial charge in [-0.3, -0.25) is 4.99 Å². The van der Waals surface area contributed by atoms with Gasteiger partial charge in [-0.15, -0.1) is 24.0 Å². The van der Waals surface area contributed by atoms with Crippen molar-refractivity contribution in [1.82, 2.24) is 15.1 Å². The minimum atomic E-state index is 0. The van der Waals surface area contributed by atoms with Gasteiger partial charge in [0.15, 0.2) is 5.96 Å². The molecule has 0 saturated carbocycles. The van der Waals surface area contributed by atoms with Crippen molar-refractivity contribution in [3.63, 3.8) is 0 Å². The number of ether oxygens (including phenoxy) is 1. The molecule has 0 aromatic rings. The summed E-state index contributed by atoms with van der Waals surface area (Å²) in [7, 11) is 1.78. The van der Waals surface area contributed by atoms with E-state index in [9.17, 15) is 0 Å². The number of piperidine rings is 2.